The predicted molar refractivity (Wildman–Crippen MR) is 156 cm³/mol. The second kappa shape index (κ2) is 9.83. The monoisotopic (exact) mass is 535 g/mol. The Kier molecular flexibility index (Phi) is 6.13. The molecule has 3 aromatic heterocycles. The fraction of sp³-hybridized carbons (Fsp3) is 0.355. The van der Waals surface area contributed by atoms with Gasteiger partial charge in [-0.15, -0.1) is 0 Å². The molecule has 1 spiro atoms. The van der Waals surface area contributed by atoms with E-state index in [1.165, 1.54) is 5.56 Å². The molecule has 0 radical (unpaired) electrons. The van der Waals surface area contributed by atoms with Gasteiger partial charge in [-0.05, 0) is 68.4 Å². The number of anilines is 2. The highest BCUT2D eigenvalue weighted by Gasteiger charge is 2.44. The molecule has 3 aliphatic rings. The number of rotatable bonds is 4. The minimum Gasteiger partial charge on any atom is -0.354 e. The number of carbonyl (C=O) groups excluding carboxylic acids is 2. The summed E-state index contributed by atoms with van der Waals surface area (Å²) in [6, 6.07) is 11.8. The van der Waals surface area contributed by atoms with E-state index >= 15 is 0 Å². The SMILES string of the molecule is CN1CCC2(CC1)CC(=O)c1ccc(-c3c[nH]c4ncc(NC(=O)c5ccnc(N6CCNCC6)c5)cc34)cc12. The summed E-state index contributed by atoms with van der Waals surface area (Å²) in [5.41, 5.74) is 6.00. The first-order chi connectivity index (χ1) is 19.5. The van der Waals surface area contributed by atoms with Gasteiger partial charge in [0.25, 0.3) is 5.91 Å². The number of pyridine rings is 2. The summed E-state index contributed by atoms with van der Waals surface area (Å²) in [7, 11) is 2.15. The Hall–Kier alpha value is -4.08. The Morgan fingerprint density at radius 2 is 1.82 bits per heavy atom. The number of aromatic amines is 1. The number of benzene rings is 1. The molecular weight excluding hydrogens is 502 g/mol. The van der Waals surface area contributed by atoms with E-state index in [9.17, 15) is 9.59 Å². The summed E-state index contributed by atoms with van der Waals surface area (Å²) in [4.78, 5) is 43.0. The number of Topliss-reactive ketones (excluding diaryl/α,β-unsaturated/α-hetero) is 1. The van der Waals surface area contributed by atoms with Crippen molar-refractivity contribution in [1.82, 2.24) is 25.2 Å². The zero-order valence-electron chi connectivity index (χ0n) is 22.7. The molecule has 9 nitrogen and oxygen atoms in total. The van der Waals surface area contributed by atoms with Crippen LogP contribution in [0.15, 0.2) is 55.0 Å². The fourth-order valence-electron chi connectivity index (χ4n) is 6.52. The molecule has 1 aliphatic carbocycles. The second-order valence-electron chi connectivity index (χ2n) is 11.4. The van der Waals surface area contributed by atoms with Crippen molar-refractivity contribution in [2.24, 2.45) is 0 Å². The van der Waals surface area contributed by atoms with Crippen LogP contribution in [0, 0.1) is 0 Å². The summed E-state index contributed by atoms with van der Waals surface area (Å²) >= 11 is 0. The van der Waals surface area contributed by atoms with Crippen LogP contribution >= 0.6 is 0 Å². The number of hydrogen-bond acceptors (Lipinski definition) is 7. The van der Waals surface area contributed by atoms with Crippen LogP contribution in [-0.2, 0) is 5.41 Å². The van der Waals surface area contributed by atoms with Gasteiger partial charge in [0.1, 0.15) is 11.5 Å². The minimum atomic E-state index is -0.197. The predicted octanol–water partition coefficient (Wildman–Crippen LogP) is 3.84. The summed E-state index contributed by atoms with van der Waals surface area (Å²) in [6.45, 7) is 5.55. The van der Waals surface area contributed by atoms with E-state index in [0.29, 0.717) is 17.7 Å². The van der Waals surface area contributed by atoms with Crippen molar-refractivity contribution >= 4 is 34.2 Å². The average molecular weight is 536 g/mol. The van der Waals surface area contributed by atoms with Crippen molar-refractivity contribution in [2.75, 3.05) is 56.5 Å². The summed E-state index contributed by atoms with van der Waals surface area (Å²) in [6.07, 6.45) is 7.94. The maximum Gasteiger partial charge on any atom is 0.255 e. The van der Waals surface area contributed by atoms with Crippen molar-refractivity contribution in [1.29, 1.82) is 0 Å². The van der Waals surface area contributed by atoms with E-state index in [4.69, 9.17) is 0 Å². The first-order valence-electron chi connectivity index (χ1n) is 14.1. The number of ketones is 1. The smallest absolute Gasteiger partial charge is 0.255 e. The molecule has 2 fully saturated rings. The molecule has 204 valence electrons. The average Bonchev–Trinajstić information content (AvgIpc) is 3.53. The molecule has 3 N–H and O–H groups in total. The van der Waals surface area contributed by atoms with E-state index in [1.54, 1.807) is 18.5 Å². The number of carbonyl (C=O) groups is 2. The lowest BCUT2D eigenvalue weighted by atomic mass is 9.73. The lowest BCUT2D eigenvalue weighted by Gasteiger charge is -2.38. The largest absolute Gasteiger partial charge is 0.354 e. The van der Waals surface area contributed by atoms with E-state index in [1.807, 2.05) is 30.5 Å². The standard InChI is InChI=1S/C31H33N7O2/c1-37-10-5-31(6-11-37)17-27(39)23-3-2-20(14-26(23)31)25-19-35-29-24(25)16-22(18-34-29)36-30(40)21-4-7-33-28(15-21)38-12-8-32-9-13-38/h2-4,7,14-16,18-19,32H,5-6,8-13,17H2,1H3,(H,34,35)(H,36,40). The van der Waals surface area contributed by atoms with Crippen molar-refractivity contribution in [3.8, 4) is 11.1 Å². The summed E-state index contributed by atoms with van der Waals surface area (Å²) in [5.74, 6) is 0.873. The number of piperazine rings is 1. The molecule has 4 aromatic rings. The Bertz CT molecular complexity index is 1610. The zero-order valence-corrected chi connectivity index (χ0v) is 22.7. The highest BCUT2D eigenvalue weighted by molar-refractivity contribution is 6.06. The number of likely N-dealkylation sites (tertiary alicyclic amines) is 1. The molecule has 2 saturated heterocycles. The van der Waals surface area contributed by atoms with Crippen molar-refractivity contribution in [3.05, 3.63) is 71.7 Å². The molecule has 2 aliphatic heterocycles. The first kappa shape index (κ1) is 24.9. The van der Waals surface area contributed by atoms with Gasteiger partial charge in [0.15, 0.2) is 5.78 Å². The quantitative estimate of drug-likeness (QED) is 0.365. The molecule has 0 unspecified atom stereocenters. The number of fused-ring (bicyclic) bond motifs is 3. The first-order valence-corrected chi connectivity index (χ1v) is 14.1. The zero-order chi connectivity index (χ0) is 27.3. The maximum absolute atomic E-state index is 13.2. The number of nitrogens with zero attached hydrogens (tertiary/aromatic N) is 4. The van der Waals surface area contributed by atoms with Crippen molar-refractivity contribution in [2.45, 2.75) is 24.7 Å². The highest BCUT2D eigenvalue weighted by Crippen LogP contribution is 2.47. The maximum atomic E-state index is 13.2. The second-order valence-corrected chi connectivity index (χ2v) is 11.4. The number of nitrogens with one attached hydrogen (secondary N) is 3. The van der Waals surface area contributed by atoms with Crippen LogP contribution in [0.3, 0.4) is 0 Å². The number of aromatic nitrogens is 3. The number of piperidine rings is 1. The Morgan fingerprint density at radius 3 is 2.65 bits per heavy atom. The van der Waals surface area contributed by atoms with Crippen LogP contribution < -0.4 is 15.5 Å². The number of hydrogen-bond donors (Lipinski definition) is 3. The molecule has 0 saturated carbocycles. The van der Waals surface area contributed by atoms with E-state index in [-0.39, 0.29) is 17.1 Å². The summed E-state index contributed by atoms with van der Waals surface area (Å²) < 4.78 is 0. The van der Waals surface area contributed by atoms with Gasteiger partial charge in [-0.1, -0.05) is 12.1 Å². The Balaban J connectivity index is 1.17. The Labute approximate surface area is 233 Å². The van der Waals surface area contributed by atoms with Crippen molar-refractivity contribution < 1.29 is 9.59 Å². The topological polar surface area (TPSA) is 106 Å². The normalized spacial score (nSPS) is 18.8. The van der Waals surface area contributed by atoms with Crippen LogP contribution in [0.25, 0.3) is 22.2 Å². The van der Waals surface area contributed by atoms with Gasteiger partial charge >= 0.3 is 0 Å². The molecule has 7 rings (SSSR count). The van der Waals surface area contributed by atoms with Gasteiger partial charge < -0.3 is 25.4 Å². The van der Waals surface area contributed by atoms with Crippen LogP contribution in [0.2, 0.25) is 0 Å². The lowest BCUT2D eigenvalue weighted by Crippen LogP contribution is -2.43. The fourth-order valence-corrected chi connectivity index (χ4v) is 6.52. The molecule has 5 heterocycles. The van der Waals surface area contributed by atoms with Crippen LogP contribution in [0.5, 0.6) is 0 Å². The molecule has 1 amide bonds. The van der Waals surface area contributed by atoms with Gasteiger partial charge in [0, 0.05) is 72.5 Å². The van der Waals surface area contributed by atoms with Gasteiger partial charge in [-0.3, -0.25) is 9.59 Å². The van der Waals surface area contributed by atoms with Gasteiger partial charge in [0.05, 0.1) is 11.9 Å². The lowest BCUT2D eigenvalue weighted by molar-refractivity contribution is 0.0945. The molecule has 40 heavy (non-hydrogen) atoms. The van der Waals surface area contributed by atoms with Gasteiger partial charge in [0.2, 0.25) is 0 Å². The molecule has 0 atom stereocenters. The van der Waals surface area contributed by atoms with Gasteiger partial charge in [-0.2, -0.15) is 0 Å². The number of amides is 1. The summed E-state index contributed by atoms with van der Waals surface area (Å²) in [5, 5.41) is 7.29. The highest BCUT2D eigenvalue weighted by atomic mass is 16.1. The molecule has 9 heteroatoms. The van der Waals surface area contributed by atoms with Crippen LogP contribution in [0.1, 0.15) is 45.5 Å². The Morgan fingerprint density at radius 1 is 1.00 bits per heavy atom. The van der Waals surface area contributed by atoms with E-state index < -0.39 is 0 Å². The third-order valence-corrected chi connectivity index (χ3v) is 8.88. The van der Waals surface area contributed by atoms with Crippen molar-refractivity contribution in [3.63, 3.8) is 0 Å². The third-order valence-electron chi connectivity index (χ3n) is 8.88. The third kappa shape index (κ3) is 4.35. The minimum absolute atomic E-state index is 0.0630. The van der Waals surface area contributed by atoms with E-state index in [0.717, 1.165) is 85.7 Å². The van der Waals surface area contributed by atoms with E-state index in [2.05, 4.69) is 48.5 Å². The van der Waals surface area contributed by atoms with Crippen LogP contribution in [-0.4, -0.2) is 77.9 Å². The molecule has 1 aromatic carbocycles. The molecule has 0 bridgehead atoms. The number of H-pyrrole nitrogens is 1. The van der Waals surface area contributed by atoms with Gasteiger partial charge in [-0.25, -0.2) is 9.97 Å². The molecular formula is C31H33N7O2. The van der Waals surface area contributed by atoms with Crippen LogP contribution in [0.4, 0.5) is 11.5 Å².